The van der Waals surface area contributed by atoms with Gasteiger partial charge in [0.25, 0.3) is 0 Å². The van der Waals surface area contributed by atoms with E-state index in [0.717, 1.165) is 101 Å². The summed E-state index contributed by atoms with van der Waals surface area (Å²) in [5.74, 6) is -2.73. The van der Waals surface area contributed by atoms with E-state index >= 15 is 0 Å². The lowest BCUT2D eigenvalue weighted by atomic mass is 10.0. The first-order chi connectivity index (χ1) is 61.7. The van der Waals surface area contributed by atoms with Gasteiger partial charge >= 0.3 is 84.9 Å². The van der Waals surface area contributed by atoms with Crippen LogP contribution in [0, 0.1) is 0 Å². The van der Waals surface area contributed by atoms with E-state index in [0.29, 0.717) is 52.4 Å². The Morgan fingerprint density at radius 1 is 0.420 bits per heavy atom. The number of carbonyl (C=O) groups excluding carboxylic acids is 7. The molecule has 6 aromatic heterocycles. The molecule has 0 radical (unpaired) electrons. The van der Waals surface area contributed by atoms with Gasteiger partial charge in [0.05, 0.1) is 183 Å². The Morgan fingerprint density at radius 2 is 0.786 bits per heavy atom. The van der Waals surface area contributed by atoms with Crippen molar-refractivity contribution in [1.29, 1.82) is 0 Å². The molecule has 0 saturated heterocycles. The summed E-state index contributed by atoms with van der Waals surface area (Å²) in [6.45, 7) is 0. The molecule has 50 heteroatoms. The van der Waals surface area contributed by atoms with Crippen molar-refractivity contribution in [3.63, 3.8) is 0 Å². The zero-order valence-corrected chi connectivity index (χ0v) is 74.3. The van der Waals surface area contributed by atoms with Crippen molar-refractivity contribution in [2.24, 2.45) is 0 Å². The first-order valence-electron chi connectivity index (χ1n) is 36.2. The summed E-state index contributed by atoms with van der Waals surface area (Å²) in [6.07, 6.45) is -20.8. The molecule has 11 aromatic rings. The molecule has 28 nitrogen and oxygen atoms in total. The second kappa shape index (κ2) is 45.8. The van der Waals surface area contributed by atoms with Crippen LogP contribution < -0.4 is 76.0 Å². The van der Waals surface area contributed by atoms with Crippen molar-refractivity contribution in [3.05, 3.63) is 228 Å². The number of carboxylic acids is 2. The SMILES string of the molecule is COC(=O)/C=C\c1sccc1NC(=O)Nc1cc(C(F)(F)F)ccc1OC.COC(=O)CC1c2sccc2NC(=O)N1c1cc(C(F)(F)F)ccc1OC.COc1ccc(C(F)(F)F)cc1N1C(=O)Nc2ccsc2C1CC(=O)O.COc1ccc(C(F)(F)F)cc1NC(=O)Nc1ccsc1.COc1ccc(C(F)(F)F)cc1NC(=O)Nc1ccsc1Br.O=C(O)c1ccsc1. The molecule has 698 valence electrons. The fourth-order valence-corrected chi connectivity index (χ4v) is 16.3. The molecule has 10 N–H and O–H groups in total. The number of halogens is 16. The third kappa shape index (κ3) is 28.8. The zero-order valence-electron chi connectivity index (χ0n) is 67.8. The Balaban J connectivity index is 0.000000198. The van der Waals surface area contributed by atoms with Crippen LogP contribution in [-0.4, -0.2) is 114 Å². The number of benzene rings is 5. The van der Waals surface area contributed by atoms with Gasteiger partial charge in [0.2, 0.25) is 0 Å². The van der Waals surface area contributed by atoms with Crippen LogP contribution in [0.1, 0.15) is 77.7 Å². The molecular weight excluding hydrogens is 1960 g/mol. The van der Waals surface area contributed by atoms with Crippen molar-refractivity contribution < 1.29 is 152 Å². The largest absolute Gasteiger partial charge is 0.495 e. The van der Waals surface area contributed by atoms with Crippen LogP contribution in [0.4, 0.5) is 147 Å². The minimum absolute atomic E-state index is 0.0311. The zero-order chi connectivity index (χ0) is 96.6. The molecule has 8 heterocycles. The maximum absolute atomic E-state index is 13.2. The van der Waals surface area contributed by atoms with Gasteiger partial charge in [-0.25, -0.2) is 33.6 Å². The maximum atomic E-state index is 13.2. The third-order valence-electron chi connectivity index (χ3n) is 17.3. The number of carboxylic acid groups (broad SMARTS) is 2. The van der Waals surface area contributed by atoms with Crippen LogP contribution in [0.25, 0.3) is 6.08 Å². The average Bonchev–Trinajstić information content (AvgIpc) is 1.74. The summed E-state index contributed by atoms with van der Waals surface area (Å²) in [5.41, 5.74) is -2.25. The maximum Gasteiger partial charge on any atom is 0.416 e. The highest BCUT2D eigenvalue weighted by Crippen LogP contribution is 2.49. The quantitative estimate of drug-likeness (QED) is 0.0192. The lowest BCUT2D eigenvalue weighted by Crippen LogP contribution is -2.43. The highest BCUT2D eigenvalue weighted by atomic mass is 79.9. The summed E-state index contributed by atoms with van der Waals surface area (Å²) in [7, 11) is 8.88. The molecule has 0 aliphatic carbocycles. The van der Waals surface area contributed by atoms with Gasteiger partial charge < -0.3 is 85.9 Å². The van der Waals surface area contributed by atoms with Crippen LogP contribution in [0.5, 0.6) is 28.7 Å². The summed E-state index contributed by atoms with van der Waals surface area (Å²) < 4.78 is 229. The number of aliphatic carboxylic acids is 1. The molecule has 2 unspecified atom stereocenters. The number of aromatic carboxylic acids is 1. The molecule has 2 aliphatic rings. The Bertz CT molecular complexity index is 5870. The molecular formula is C81H68BrF15N10O18S6. The van der Waals surface area contributed by atoms with Gasteiger partial charge in [-0.05, 0) is 182 Å². The van der Waals surface area contributed by atoms with E-state index in [1.54, 1.807) is 79.4 Å². The van der Waals surface area contributed by atoms with Gasteiger partial charge in [0.1, 0.15) is 28.7 Å². The molecule has 5 aromatic carbocycles. The van der Waals surface area contributed by atoms with Crippen LogP contribution in [0.3, 0.4) is 0 Å². The average molecular weight is 2030 g/mol. The van der Waals surface area contributed by atoms with Crippen LogP contribution >= 0.6 is 84.0 Å². The Labute approximate surface area is 763 Å². The highest BCUT2D eigenvalue weighted by molar-refractivity contribution is 9.11. The second-order valence-corrected chi connectivity index (χ2v) is 32.3. The first-order valence-corrected chi connectivity index (χ1v) is 42.4. The van der Waals surface area contributed by atoms with Crippen molar-refractivity contribution >= 4 is 201 Å². The molecule has 0 bridgehead atoms. The van der Waals surface area contributed by atoms with Crippen molar-refractivity contribution in [2.75, 3.05) is 102 Å². The topological polar surface area (TPSA) is 361 Å². The Kier molecular flexibility index (Phi) is 36.0. The van der Waals surface area contributed by atoms with E-state index in [1.807, 2.05) is 0 Å². The van der Waals surface area contributed by atoms with E-state index in [9.17, 15) is 114 Å². The molecule has 2 aliphatic heterocycles. The molecule has 13 rings (SSSR count). The standard InChI is InChI=1S/2C17H15F3N2O4S.C16H13F3N2O4S.C13H10BrF3N2O2S.C13H11F3N2O2S.C5H4O2S/c1-25-13-4-3-9(17(18,19)20)7-11(13)22-12(8-14(23)26-2)15-10(5-6-27-15)21-16(22)24;1-25-13-4-3-10(17(18,19)20)9-12(13)22-16(24)21-11-7-8-27-14(11)5-6-15(23)26-2;1-25-12-3-2-8(16(17,18)19)6-10(12)21-11(7-13(22)23)14-9(4-5-26-14)20-15(21)24;1-21-10-3-2-7(13(15,16)17)6-9(10)19-12(20)18-8-4-5-22-11(8)14;1-20-11-3-2-8(13(14,15)16)6-10(11)18-12(19)17-9-4-5-21-7-9;6-5(7)4-1-2-8-3-4/h3-7,12H,8H2,1-2H3,(H,21,24);3-9H,1-2H3,(H2,21,22,24);2-6,11H,7H2,1H3,(H,20,24)(H,22,23);2-6H,1H3,(H2,18,19,20);2-7H,1H3,(H2,17,18,19);1-3H,(H,6,7)/b;6-5-;;;;. The number of nitrogens with one attached hydrogen (secondary N) is 8. The van der Waals surface area contributed by atoms with E-state index < -0.39 is 131 Å². The number of nitrogens with zero attached hydrogens (tertiary/aromatic N) is 2. The monoisotopic (exact) mass is 2020 g/mol. The number of urea groups is 5. The molecule has 0 spiro atoms. The predicted octanol–water partition coefficient (Wildman–Crippen LogP) is 24.4. The van der Waals surface area contributed by atoms with Gasteiger partial charge in [0.15, 0.2) is 0 Å². The Hall–Kier alpha value is -13.3. The number of ether oxygens (including phenoxy) is 7. The van der Waals surface area contributed by atoms with Crippen LogP contribution in [0.15, 0.2) is 180 Å². The lowest BCUT2D eigenvalue weighted by Gasteiger charge is -2.36. The Morgan fingerprint density at radius 3 is 1.14 bits per heavy atom. The van der Waals surface area contributed by atoms with Gasteiger partial charge in [-0.3, -0.25) is 19.4 Å². The first kappa shape index (κ1) is 103. The minimum Gasteiger partial charge on any atom is -0.495 e. The molecule has 10 amide bonds. The fourth-order valence-electron chi connectivity index (χ4n) is 11.3. The highest BCUT2D eigenvalue weighted by Gasteiger charge is 2.43. The number of fused-ring (bicyclic) bond motifs is 2. The lowest BCUT2D eigenvalue weighted by molar-refractivity contribution is -0.141. The number of alkyl halides is 15. The van der Waals surface area contributed by atoms with Gasteiger partial charge in [-0.2, -0.15) is 88.5 Å². The molecule has 0 fully saturated rings. The van der Waals surface area contributed by atoms with Crippen LogP contribution in [-0.2, 0) is 54.7 Å². The number of carbonyl (C=O) groups is 9. The minimum atomic E-state index is -4.62. The van der Waals surface area contributed by atoms with Gasteiger partial charge in [0, 0.05) is 16.8 Å². The summed E-state index contributed by atoms with van der Waals surface area (Å²) in [4.78, 5) is 109. The number of rotatable bonds is 20. The smallest absolute Gasteiger partial charge is 0.416 e. The van der Waals surface area contributed by atoms with Crippen LogP contribution in [0.2, 0.25) is 0 Å². The third-order valence-corrected chi connectivity index (χ3v) is 23.3. The van der Waals surface area contributed by atoms with E-state index in [4.69, 9.17) is 33.5 Å². The summed E-state index contributed by atoms with van der Waals surface area (Å²) in [6, 6.07) is 18.6. The van der Waals surface area contributed by atoms with Crippen molar-refractivity contribution in [1.82, 2.24) is 0 Å². The number of hydrogen-bond acceptors (Lipinski definition) is 22. The van der Waals surface area contributed by atoms with Crippen molar-refractivity contribution in [3.8, 4) is 28.7 Å². The van der Waals surface area contributed by atoms with E-state index in [2.05, 4.69) is 63.2 Å². The number of methoxy groups -OCH3 is 7. The van der Waals surface area contributed by atoms with E-state index in [-0.39, 0.29) is 63.6 Å². The fraction of sp³-hybridized carbons (Fsp3) is 0.198. The number of anilines is 10. The normalized spacial score (nSPS) is 13.3. The number of thiophene rings is 6. The summed E-state index contributed by atoms with van der Waals surface area (Å²) in [5, 5.41) is 50.9. The summed E-state index contributed by atoms with van der Waals surface area (Å²) >= 11 is 11.1. The molecule has 2 atom stereocenters. The number of amides is 10. The molecule has 0 saturated carbocycles. The van der Waals surface area contributed by atoms with E-state index in [1.165, 1.54) is 130 Å². The van der Waals surface area contributed by atoms with Gasteiger partial charge in [-0.1, -0.05) is 0 Å². The number of esters is 2. The second-order valence-electron chi connectivity index (χ2n) is 25.6. The van der Waals surface area contributed by atoms with Crippen molar-refractivity contribution in [2.45, 2.75) is 55.8 Å². The predicted molar refractivity (Wildman–Crippen MR) is 467 cm³/mol. The molecule has 131 heavy (non-hydrogen) atoms. The number of hydrogen-bond donors (Lipinski definition) is 10. The van der Waals surface area contributed by atoms with Gasteiger partial charge in [-0.15, -0.1) is 45.3 Å².